The summed E-state index contributed by atoms with van der Waals surface area (Å²) in [7, 11) is 0. The van der Waals surface area contributed by atoms with E-state index in [2.05, 4.69) is 4.90 Å². The Balaban J connectivity index is 2.07. The third kappa shape index (κ3) is 1.37. The zero-order chi connectivity index (χ0) is 8.55. The lowest BCUT2D eigenvalue weighted by atomic mass is 9.88. The van der Waals surface area contributed by atoms with E-state index in [4.69, 9.17) is 0 Å². The fourth-order valence-corrected chi connectivity index (χ4v) is 2.50. The van der Waals surface area contributed by atoms with E-state index in [1.807, 2.05) is 0 Å². The van der Waals surface area contributed by atoms with E-state index in [0.717, 1.165) is 38.8 Å². The van der Waals surface area contributed by atoms with Crippen LogP contribution in [0.4, 0.5) is 0 Å². The lowest BCUT2D eigenvalue weighted by Crippen LogP contribution is -2.57. The number of hydrogen-bond acceptors (Lipinski definition) is 3. The van der Waals surface area contributed by atoms with Crippen LogP contribution in [0.15, 0.2) is 0 Å². The van der Waals surface area contributed by atoms with Crippen molar-refractivity contribution in [1.82, 2.24) is 4.90 Å². The average molecular weight is 171 g/mol. The zero-order valence-electron chi connectivity index (χ0n) is 7.32. The Kier molecular flexibility index (Phi) is 2.35. The summed E-state index contributed by atoms with van der Waals surface area (Å²) < 4.78 is 0. The summed E-state index contributed by atoms with van der Waals surface area (Å²) in [5.41, 5.74) is 0. The van der Waals surface area contributed by atoms with Gasteiger partial charge in [-0.3, -0.25) is 4.90 Å². The first-order chi connectivity index (χ1) is 5.79. The minimum atomic E-state index is -0.297. The van der Waals surface area contributed by atoms with Crippen LogP contribution in [0.25, 0.3) is 0 Å². The van der Waals surface area contributed by atoms with Crippen molar-refractivity contribution in [2.24, 2.45) is 0 Å². The van der Waals surface area contributed by atoms with E-state index in [-0.39, 0.29) is 18.2 Å². The maximum atomic E-state index is 9.67. The monoisotopic (exact) mass is 171 g/mol. The molecule has 2 heterocycles. The van der Waals surface area contributed by atoms with Crippen LogP contribution in [-0.4, -0.2) is 46.5 Å². The Bertz CT molecular complexity index is 147. The molecule has 0 spiro atoms. The van der Waals surface area contributed by atoms with Crippen LogP contribution in [0.3, 0.4) is 0 Å². The quantitative estimate of drug-likeness (QED) is 0.538. The van der Waals surface area contributed by atoms with Crippen LogP contribution >= 0.6 is 0 Å². The number of piperidine rings is 2. The molecule has 70 valence electrons. The standard InChI is InChI=1S/C9H17NO2/c11-7-3-1-5-10-6-2-4-8(12)9(7)10/h7-9,11-12H,1-6H2/t7-,8-/m0/s1. The van der Waals surface area contributed by atoms with Gasteiger partial charge in [-0.2, -0.15) is 0 Å². The minimum absolute atomic E-state index is 0.0347. The number of fused-ring (bicyclic) bond motifs is 1. The second-order valence-corrected chi connectivity index (χ2v) is 3.95. The fourth-order valence-electron chi connectivity index (χ4n) is 2.50. The third-order valence-corrected chi connectivity index (χ3v) is 3.10. The molecule has 0 aromatic rings. The maximum absolute atomic E-state index is 9.67. The van der Waals surface area contributed by atoms with Gasteiger partial charge in [0.2, 0.25) is 0 Å². The second-order valence-electron chi connectivity index (χ2n) is 3.95. The molecule has 0 aliphatic carbocycles. The van der Waals surface area contributed by atoms with Gasteiger partial charge in [0.05, 0.1) is 18.2 Å². The molecule has 0 aromatic carbocycles. The minimum Gasteiger partial charge on any atom is -0.391 e. The van der Waals surface area contributed by atoms with Crippen molar-refractivity contribution in [1.29, 1.82) is 0 Å². The Hall–Kier alpha value is -0.120. The van der Waals surface area contributed by atoms with Crippen LogP contribution in [0, 0.1) is 0 Å². The third-order valence-electron chi connectivity index (χ3n) is 3.10. The molecule has 2 atom stereocenters. The van der Waals surface area contributed by atoms with Crippen molar-refractivity contribution in [2.75, 3.05) is 13.1 Å². The lowest BCUT2D eigenvalue weighted by Gasteiger charge is -2.44. The van der Waals surface area contributed by atoms with Gasteiger partial charge in [-0.1, -0.05) is 0 Å². The number of rotatable bonds is 0. The van der Waals surface area contributed by atoms with Gasteiger partial charge in [-0.05, 0) is 38.8 Å². The van der Waals surface area contributed by atoms with Crippen molar-refractivity contribution < 1.29 is 10.2 Å². The summed E-state index contributed by atoms with van der Waals surface area (Å²) in [5.74, 6) is 0. The predicted octanol–water partition coefficient (Wildman–Crippen LogP) is -0.0336. The van der Waals surface area contributed by atoms with Crippen LogP contribution in [0.1, 0.15) is 25.7 Å². The van der Waals surface area contributed by atoms with Gasteiger partial charge in [0.1, 0.15) is 0 Å². The summed E-state index contributed by atoms with van der Waals surface area (Å²) >= 11 is 0. The van der Waals surface area contributed by atoms with Crippen LogP contribution in [-0.2, 0) is 0 Å². The molecule has 3 heteroatoms. The van der Waals surface area contributed by atoms with E-state index in [0.29, 0.717) is 0 Å². The number of aliphatic hydroxyl groups excluding tert-OH is 2. The molecule has 2 rings (SSSR count). The lowest BCUT2D eigenvalue weighted by molar-refractivity contribution is -0.0758. The molecule has 0 radical (unpaired) electrons. The highest BCUT2D eigenvalue weighted by atomic mass is 16.3. The molecular weight excluding hydrogens is 154 g/mol. The topological polar surface area (TPSA) is 43.7 Å². The summed E-state index contributed by atoms with van der Waals surface area (Å²) in [6, 6.07) is 0.0347. The van der Waals surface area contributed by atoms with Crippen molar-refractivity contribution in [3.8, 4) is 0 Å². The highest BCUT2D eigenvalue weighted by Gasteiger charge is 2.37. The molecule has 2 aliphatic rings. The normalized spacial score (nSPS) is 39.5. The SMILES string of the molecule is O[C@H]1CCCN2CCC[C@H](O)C12. The first-order valence-corrected chi connectivity index (χ1v) is 4.89. The predicted molar refractivity (Wildman–Crippen MR) is 45.8 cm³/mol. The number of nitrogens with zero attached hydrogens (tertiary/aromatic N) is 1. The van der Waals surface area contributed by atoms with Gasteiger partial charge in [-0.25, -0.2) is 0 Å². The molecule has 12 heavy (non-hydrogen) atoms. The van der Waals surface area contributed by atoms with Gasteiger partial charge in [0.25, 0.3) is 0 Å². The molecule has 2 N–H and O–H groups in total. The van der Waals surface area contributed by atoms with Gasteiger partial charge in [0, 0.05) is 0 Å². The highest BCUT2D eigenvalue weighted by Crippen LogP contribution is 2.26. The molecular formula is C9H17NO2. The van der Waals surface area contributed by atoms with Crippen molar-refractivity contribution >= 4 is 0 Å². The number of hydrogen-bond donors (Lipinski definition) is 2. The summed E-state index contributed by atoms with van der Waals surface area (Å²) in [5, 5.41) is 19.3. The van der Waals surface area contributed by atoms with Crippen LogP contribution in [0.5, 0.6) is 0 Å². The Morgan fingerprint density at radius 3 is 1.83 bits per heavy atom. The molecule has 0 amide bonds. The molecule has 0 aromatic heterocycles. The Morgan fingerprint density at radius 1 is 0.917 bits per heavy atom. The molecule has 0 saturated carbocycles. The van der Waals surface area contributed by atoms with Gasteiger partial charge < -0.3 is 10.2 Å². The highest BCUT2D eigenvalue weighted by molar-refractivity contribution is 4.92. The first kappa shape index (κ1) is 8.48. The Labute approximate surface area is 73.0 Å². The zero-order valence-corrected chi connectivity index (χ0v) is 7.32. The van der Waals surface area contributed by atoms with Gasteiger partial charge >= 0.3 is 0 Å². The smallest absolute Gasteiger partial charge is 0.0721 e. The average Bonchev–Trinajstić information content (AvgIpc) is 2.04. The fraction of sp³-hybridized carbons (Fsp3) is 1.00. The maximum Gasteiger partial charge on any atom is 0.0721 e. The van der Waals surface area contributed by atoms with E-state index in [1.54, 1.807) is 0 Å². The van der Waals surface area contributed by atoms with E-state index in [1.165, 1.54) is 0 Å². The summed E-state index contributed by atoms with van der Waals surface area (Å²) in [6.45, 7) is 2.11. The van der Waals surface area contributed by atoms with Crippen molar-refractivity contribution in [3.05, 3.63) is 0 Å². The largest absolute Gasteiger partial charge is 0.391 e. The van der Waals surface area contributed by atoms with E-state index in [9.17, 15) is 10.2 Å². The summed E-state index contributed by atoms with van der Waals surface area (Å²) in [6.07, 6.45) is 3.27. The molecule has 3 nitrogen and oxygen atoms in total. The van der Waals surface area contributed by atoms with Crippen LogP contribution in [0.2, 0.25) is 0 Å². The summed E-state index contributed by atoms with van der Waals surface area (Å²) in [4.78, 5) is 2.24. The van der Waals surface area contributed by atoms with Crippen molar-refractivity contribution in [2.45, 2.75) is 43.9 Å². The second kappa shape index (κ2) is 3.32. The van der Waals surface area contributed by atoms with Gasteiger partial charge in [-0.15, -0.1) is 0 Å². The first-order valence-electron chi connectivity index (χ1n) is 4.89. The van der Waals surface area contributed by atoms with Crippen LogP contribution < -0.4 is 0 Å². The molecule has 2 aliphatic heterocycles. The van der Waals surface area contributed by atoms with E-state index < -0.39 is 0 Å². The van der Waals surface area contributed by atoms with Crippen molar-refractivity contribution in [3.63, 3.8) is 0 Å². The number of aliphatic hydroxyl groups is 2. The molecule has 0 unspecified atom stereocenters. The molecule has 2 saturated heterocycles. The van der Waals surface area contributed by atoms with E-state index >= 15 is 0 Å². The van der Waals surface area contributed by atoms with Gasteiger partial charge in [0.15, 0.2) is 0 Å². The molecule has 2 fully saturated rings. The molecule has 0 bridgehead atoms. The Morgan fingerprint density at radius 2 is 1.42 bits per heavy atom.